The smallest absolute Gasteiger partial charge is 0.534 e. The molecule has 1 aromatic carbocycles. The van der Waals surface area contributed by atoms with Gasteiger partial charge in [-0.05, 0) is 37.3 Å². The molecule has 1 amide bonds. The van der Waals surface area contributed by atoms with E-state index in [9.17, 15) is 37.4 Å². The third kappa shape index (κ3) is 9.76. The van der Waals surface area contributed by atoms with Crippen LogP contribution in [0.2, 0.25) is 0 Å². The number of hydrogen-bond donors (Lipinski definition) is 2. The normalized spacial score (nSPS) is 14.8. The minimum atomic E-state index is -4.36. The Labute approximate surface area is 205 Å². The molecule has 2 N–H and O–H groups in total. The standard InChI is InChI=1S/C22H27BF3NO9/c1-33-18(29)9-2-3-10-19(30)34-13-35-21(31)15-7-4-6-14-12-16(23(32)36-20(14)15)27-17(28)8-5-11-22(24,25)26/h4,6-7,16,32H,2-3,5,8-13H2,1H3,(H,27,28)/t16-/m0/s1. The minimum Gasteiger partial charge on any atom is -0.534 e. The molecule has 0 saturated carbocycles. The third-order valence-electron chi connectivity index (χ3n) is 5.20. The molecular formula is C22H27BF3NO9. The van der Waals surface area contributed by atoms with Crippen molar-refractivity contribution in [3.8, 4) is 5.75 Å². The van der Waals surface area contributed by atoms with Crippen molar-refractivity contribution < 1.29 is 56.2 Å². The molecular weight excluding hydrogens is 490 g/mol. The van der Waals surface area contributed by atoms with Gasteiger partial charge in [0.1, 0.15) is 11.3 Å². The summed E-state index contributed by atoms with van der Waals surface area (Å²) in [4.78, 5) is 47.1. The molecule has 14 heteroatoms. The van der Waals surface area contributed by atoms with Crippen molar-refractivity contribution in [2.45, 2.75) is 63.5 Å². The van der Waals surface area contributed by atoms with Crippen molar-refractivity contribution in [2.24, 2.45) is 0 Å². The molecule has 198 valence electrons. The number of unbranched alkanes of at least 4 members (excludes halogenated alkanes) is 1. The van der Waals surface area contributed by atoms with Crippen molar-refractivity contribution in [2.75, 3.05) is 13.9 Å². The highest BCUT2D eigenvalue weighted by Gasteiger charge is 2.38. The number of para-hydroxylation sites is 1. The zero-order valence-corrected chi connectivity index (χ0v) is 19.6. The van der Waals surface area contributed by atoms with Gasteiger partial charge in [0.15, 0.2) is 0 Å². The summed E-state index contributed by atoms with van der Waals surface area (Å²) in [5.41, 5.74) is 0.411. The predicted molar refractivity (Wildman–Crippen MR) is 117 cm³/mol. The topological polar surface area (TPSA) is 137 Å². The molecule has 1 atom stereocenters. The van der Waals surface area contributed by atoms with E-state index in [1.54, 1.807) is 6.07 Å². The first kappa shape index (κ1) is 28.9. The summed E-state index contributed by atoms with van der Waals surface area (Å²) in [5.74, 6) is -3.46. The predicted octanol–water partition coefficient (Wildman–Crippen LogP) is 2.25. The molecule has 0 fully saturated rings. The lowest BCUT2D eigenvalue weighted by molar-refractivity contribution is -0.152. The molecule has 0 aromatic heterocycles. The quantitative estimate of drug-likeness (QED) is 0.185. The van der Waals surface area contributed by atoms with Crippen molar-refractivity contribution in [3.63, 3.8) is 0 Å². The molecule has 0 aliphatic carbocycles. The molecule has 1 aliphatic heterocycles. The van der Waals surface area contributed by atoms with Gasteiger partial charge in [0.05, 0.1) is 13.1 Å². The number of hydrogen-bond acceptors (Lipinski definition) is 9. The second-order valence-electron chi connectivity index (χ2n) is 8.00. The second kappa shape index (κ2) is 13.7. The van der Waals surface area contributed by atoms with Crippen LogP contribution in [0.25, 0.3) is 0 Å². The highest BCUT2D eigenvalue weighted by molar-refractivity contribution is 6.47. The molecule has 0 radical (unpaired) electrons. The summed E-state index contributed by atoms with van der Waals surface area (Å²) >= 11 is 0. The Morgan fingerprint density at radius 3 is 2.44 bits per heavy atom. The van der Waals surface area contributed by atoms with Crippen LogP contribution < -0.4 is 9.97 Å². The number of esters is 3. The summed E-state index contributed by atoms with van der Waals surface area (Å²) in [6.07, 6.45) is -5.13. The lowest BCUT2D eigenvalue weighted by Gasteiger charge is -2.29. The van der Waals surface area contributed by atoms with Crippen molar-refractivity contribution >= 4 is 30.9 Å². The number of benzene rings is 1. The first-order valence-electron chi connectivity index (χ1n) is 11.2. The highest BCUT2D eigenvalue weighted by atomic mass is 19.4. The van der Waals surface area contributed by atoms with E-state index in [1.807, 2.05) is 0 Å². The van der Waals surface area contributed by atoms with E-state index in [-0.39, 0.29) is 49.4 Å². The number of fused-ring (bicyclic) bond motifs is 1. The Morgan fingerprint density at radius 2 is 1.78 bits per heavy atom. The van der Waals surface area contributed by atoms with Crippen LogP contribution in [-0.4, -0.2) is 62.0 Å². The van der Waals surface area contributed by atoms with Crippen LogP contribution in [0.3, 0.4) is 0 Å². The van der Waals surface area contributed by atoms with Gasteiger partial charge >= 0.3 is 31.2 Å². The van der Waals surface area contributed by atoms with Gasteiger partial charge in [-0.25, -0.2) is 4.79 Å². The van der Waals surface area contributed by atoms with Gasteiger partial charge in [-0.3, -0.25) is 14.4 Å². The Hall–Kier alpha value is -3.29. The molecule has 0 spiro atoms. The van der Waals surface area contributed by atoms with Crippen LogP contribution >= 0.6 is 0 Å². The zero-order chi connectivity index (χ0) is 26.7. The maximum absolute atomic E-state index is 12.4. The number of nitrogens with one attached hydrogen (secondary N) is 1. The Morgan fingerprint density at radius 1 is 1.08 bits per heavy atom. The number of halogens is 3. The fourth-order valence-electron chi connectivity index (χ4n) is 3.38. The van der Waals surface area contributed by atoms with Crippen LogP contribution in [0.15, 0.2) is 18.2 Å². The number of amides is 1. The van der Waals surface area contributed by atoms with Crippen LogP contribution in [-0.2, 0) is 35.0 Å². The molecule has 1 aromatic rings. The Balaban J connectivity index is 1.83. The zero-order valence-electron chi connectivity index (χ0n) is 19.6. The molecule has 10 nitrogen and oxygen atoms in total. The first-order valence-corrected chi connectivity index (χ1v) is 11.2. The van der Waals surface area contributed by atoms with Gasteiger partial charge in [-0.2, -0.15) is 13.2 Å². The van der Waals surface area contributed by atoms with E-state index in [0.29, 0.717) is 18.4 Å². The number of carbonyl (C=O) groups is 4. The maximum Gasteiger partial charge on any atom is 0.547 e. The largest absolute Gasteiger partial charge is 0.547 e. The lowest BCUT2D eigenvalue weighted by atomic mass is 9.72. The molecule has 2 rings (SSSR count). The number of methoxy groups -OCH3 is 1. The number of carbonyl (C=O) groups excluding carboxylic acids is 4. The average molecular weight is 517 g/mol. The SMILES string of the molecule is COC(=O)CCCCC(=O)OCOC(=O)c1cccc2c1OB(O)[C@@H](NC(=O)CCCC(F)(F)F)C2. The van der Waals surface area contributed by atoms with E-state index in [2.05, 4.69) is 10.1 Å². The molecule has 0 bridgehead atoms. The molecule has 0 unspecified atom stereocenters. The van der Waals surface area contributed by atoms with Gasteiger partial charge < -0.3 is 29.2 Å². The Bertz CT molecular complexity index is 942. The number of ether oxygens (including phenoxy) is 3. The van der Waals surface area contributed by atoms with E-state index < -0.39 is 50.3 Å². The van der Waals surface area contributed by atoms with Gasteiger partial charge in [-0.1, -0.05) is 12.1 Å². The third-order valence-corrected chi connectivity index (χ3v) is 5.20. The van der Waals surface area contributed by atoms with E-state index >= 15 is 0 Å². The van der Waals surface area contributed by atoms with Crippen LogP contribution in [0.5, 0.6) is 5.75 Å². The van der Waals surface area contributed by atoms with Crippen molar-refractivity contribution in [1.82, 2.24) is 5.32 Å². The highest BCUT2D eigenvalue weighted by Crippen LogP contribution is 2.31. The van der Waals surface area contributed by atoms with E-state index in [4.69, 9.17) is 14.1 Å². The molecule has 36 heavy (non-hydrogen) atoms. The average Bonchev–Trinajstić information content (AvgIpc) is 2.80. The molecule has 0 saturated heterocycles. The van der Waals surface area contributed by atoms with E-state index in [0.717, 1.165) is 0 Å². The number of rotatable bonds is 12. The first-order chi connectivity index (χ1) is 17.0. The lowest BCUT2D eigenvalue weighted by Crippen LogP contribution is -2.53. The minimum absolute atomic E-state index is 0.0201. The summed E-state index contributed by atoms with van der Waals surface area (Å²) < 4.78 is 56.4. The monoisotopic (exact) mass is 517 g/mol. The van der Waals surface area contributed by atoms with Crippen molar-refractivity contribution in [3.05, 3.63) is 29.3 Å². The maximum atomic E-state index is 12.4. The van der Waals surface area contributed by atoms with Gasteiger partial charge in [0, 0.05) is 25.7 Å². The summed E-state index contributed by atoms with van der Waals surface area (Å²) in [6.45, 7) is -0.655. The van der Waals surface area contributed by atoms with Crippen LogP contribution in [0, 0.1) is 0 Å². The summed E-state index contributed by atoms with van der Waals surface area (Å²) in [5, 5.41) is 12.7. The van der Waals surface area contributed by atoms with E-state index in [1.165, 1.54) is 19.2 Å². The second-order valence-corrected chi connectivity index (χ2v) is 8.00. The summed E-state index contributed by atoms with van der Waals surface area (Å²) in [7, 11) is -0.288. The van der Waals surface area contributed by atoms with Gasteiger partial charge in [0.2, 0.25) is 12.7 Å². The molecule has 1 heterocycles. The molecule has 1 aliphatic rings. The number of alkyl halides is 3. The van der Waals surface area contributed by atoms with Gasteiger partial charge in [0.25, 0.3) is 0 Å². The van der Waals surface area contributed by atoms with Crippen LogP contribution in [0.1, 0.15) is 60.9 Å². The fourth-order valence-corrected chi connectivity index (χ4v) is 3.38. The fraction of sp³-hybridized carbons (Fsp3) is 0.545. The van der Waals surface area contributed by atoms with Gasteiger partial charge in [-0.15, -0.1) is 0 Å². The Kier molecular flexibility index (Phi) is 11.0. The van der Waals surface area contributed by atoms with Crippen LogP contribution in [0.4, 0.5) is 13.2 Å². The summed E-state index contributed by atoms with van der Waals surface area (Å²) in [6, 6.07) is 4.49. The van der Waals surface area contributed by atoms with Crippen molar-refractivity contribution in [1.29, 1.82) is 0 Å².